The van der Waals surface area contributed by atoms with Gasteiger partial charge in [0.15, 0.2) is 0 Å². The molecule has 6 saturated carbocycles. The number of rotatable bonds is 1. The Morgan fingerprint density at radius 2 is 1.02 bits per heavy atom. The maximum Gasteiger partial charge on any atom is 0.0995 e. The fourth-order valence-electron chi connectivity index (χ4n) is 17.4. The molecule has 0 N–H and O–H groups in total. The fraction of sp³-hybridized carbons (Fsp3) is 0.385. The smallest absolute Gasteiger partial charge is 0.0995 e. The van der Waals surface area contributed by atoms with Crippen LogP contribution in [0.2, 0.25) is 0 Å². The standard InChI is InChI=1S/C52H40N4/c53-23-29-14-39-47(44-27-12-33-16-31-10-25(42(29)44)19-51(31,33)21-27)37-18-41-46(36-8-4-5-9-38(36)55(41)35-6-2-1-3-7-35)49-48-40(56(39)50(37)49)15-30(24-54)43-26-11-32-17-34-13-28(45(43)48)22-52(32,34)20-26/h1-9,14-15,18,25-28,31-34H,10-13,16-17,19-22H2. The van der Waals surface area contributed by atoms with Gasteiger partial charge in [0.2, 0.25) is 0 Å². The summed E-state index contributed by atoms with van der Waals surface area (Å²) in [4.78, 5) is 0. The molecule has 56 heavy (non-hydrogen) atoms. The van der Waals surface area contributed by atoms with Gasteiger partial charge in [-0.05, 0) is 181 Å². The predicted molar refractivity (Wildman–Crippen MR) is 221 cm³/mol. The van der Waals surface area contributed by atoms with Gasteiger partial charge in [-0.15, -0.1) is 0 Å². The predicted octanol–water partition coefficient (Wildman–Crippen LogP) is 12.5. The molecule has 5 aromatic carbocycles. The van der Waals surface area contributed by atoms with Crippen LogP contribution in [0, 0.1) is 57.2 Å². The van der Waals surface area contributed by atoms with Crippen LogP contribution in [-0.2, 0) is 0 Å². The molecule has 0 saturated heterocycles. The molecule has 8 aliphatic rings. The highest BCUT2D eigenvalue weighted by atomic mass is 15.0. The maximum absolute atomic E-state index is 11.1. The molecule has 4 nitrogen and oxygen atoms in total. The van der Waals surface area contributed by atoms with Gasteiger partial charge in [0.25, 0.3) is 0 Å². The number of nitrogens with zero attached hydrogens (tertiary/aromatic N) is 4. The van der Waals surface area contributed by atoms with E-state index in [-0.39, 0.29) is 0 Å². The van der Waals surface area contributed by atoms with Crippen molar-refractivity contribution in [3.8, 4) is 17.8 Å². The summed E-state index contributed by atoms with van der Waals surface area (Å²) in [6.07, 6.45) is 13.0. The first kappa shape index (κ1) is 29.0. The third-order valence-corrected chi connectivity index (χ3v) is 19.0. The second-order valence-corrected chi connectivity index (χ2v) is 20.4. The number of hydrogen-bond donors (Lipinski definition) is 0. The van der Waals surface area contributed by atoms with Crippen molar-refractivity contribution >= 4 is 59.9 Å². The van der Waals surface area contributed by atoms with Gasteiger partial charge in [0.1, 0.15) is 0 Å². The zero-order valence-electron chi connectivity index (χ0n) is 31.4. The Kier molecular flexibility index (Phi) is 4.64. The lowest BCUT2D eigenvalue weighted by Gasteiger charge is -2.48. The lowest BCUT2D eigenvalue weighted by atomic mass is 9.56. The average Bonchev–Trinajstić information content (AvgIpc) is 4.05. The number of hydrogen-bond acceptors (Lipinski definition) is 2. The minimum absolute atomic E-state index is 0.486. The normalized spacial score (nSPS) is 34.9. The molecular weight excluding hydrogens is 681 g/mol. The average molecular weight is 721 g/mol. The monoisotopic (exact) mass is 720 g/mol. The van der Waals surface area contributed by atoms with E-state index in [0.29, 0.717) is 34.5 Å². The third kappa shape index (κ3) is 2.83. The largest absolute Gasteiger partial charge is 0.309 e. The van der Waals surface area contributed by atoms with Gasteiger partial charge in [0.05, 0.1) is 50.8 Å². The topological polar surface area (TPSA) is 56.9 Å². The van der Waals surface area contributed by atoms with E-state index in [2.05, 4.69) is 93.9 Å². The van der Waals surface area contributed by atoms with E-state index in [1.807, 2.05) is 0 Å². The number of para-hydroxylation sites is 2. The molecule has 6 fully saturated rings. The highest BCUT2D eigenvalue weighted by molar-refractivity contribution is 6.36. The van der Waals surface area contributed by atoms with E-state index >= 15 is 0 Å². The Bertz CT molecular complexity index is 3310. The minimum atomic E-state index is 0.486. The van der Waals surface area contributed by atoms with E-state index in [9.17, 15) is 10.5 Å². The van der Waals surface area contributed by atoms with Crippen LogP contribution in [0.4, 0.5) is 0 Å². The van der Waals surface area contributed by atoms with Crippen molar-refractivity contribution in [2.45, 2.75) is 87.9 Å². The summed E-state index contributed by atoms with van der Waals surface area (Å²) in [6, 6.07) is 33.0. The second kappa shape index (κ2) is 8.95. The molecule has 8 aliphatic carbocycles. The molecule has 3 heterocycles. The van der Waals surface area contributed by atoms with Crippen molar-refractivity contribution < 1.29 is 0 Å². The molecule has 0 amide bonds. The van der Waals surface area contributed by atoms with Crippen molar-refractivity contribution in [1.29, 1.82) is 10.5 Å². The SMILES string of the molecule is N#Cc1cc2c(c3c1C1CC4CC5CC3CC45C1)c1cc3c(c4ccccc4n3-c3ccccc3)c3c4c5c(c(C#N)cc4n2c13)C1CC2CC3CC5CC23C1. The summed E-state index contributed by atoms with van der Waals surface area (Å²) in [6.45, 7) is 0. The molecular formula is C52H40N4. The lowest BCUT2D eigenvalue weighted by Crippen LogP contribution is -2.41. The van der Waals surface area contributed by atoms with Crippen molar-refractivity contribution in [2.75, 3.05) is 0 Å². The Hall–Kier alpha value is -5.32. The summed E-state index contributed by atoms with van der Waals surface area (Å²) in [5.74, 6) is 5.39. The van der Waals surface area contributed by atoms with E-state index < -0.39 is 0 Å². The Morgan fingerprint density at radius 1 is 0.482 bits per heavy atom. The van der Waals surface area contributed by atoms with Crippen molar-refractivity contribution in [2.24, 2.45) is 34.5 Å². The van der Waals surface area contributed by atoms with Crippen LogP contribution >= 0.6 is 0 Å². The highest BCUT2D eigenvalue weighted by Gasteiger charge is 2.67. The molecule has 0 radical (unpaired) electrons. The summed E-state index contributed by atoms with van der Waals surface area (Å²) in [5, 5.41) is 30.5. The first-order valence-electron chi connectivity index (χ1n) is 21.8. The van der Waals surface area contributed by atoms with Crippen LogP contribution in [0.5, 0.6) is 0 Å². The molecule has 16 rings (SSSR count). The Balaban J connectivity index is 1.17. The summed E-state index contributed by atoms with van der Waals surface area (Å²) < 4.78 is 5.13. The van der Waals surface area contributed by atoms with Gasteiger partial charge >= 0.3 is 0 Å². The van der Waals surface area contributed by atoms with Crippen molar-refractivity contribution in [1.82, 2.24) is 8.97 Å². The zero-order chi connectivity index (χ0) is 36.1. The van der Waals surface area contributed by atoms with Gasteiger partial charge in [-0.1, -0.05) is 36.4 Å². The number of fused-ring (bicyclic) bond motifs is 22. The lowest BCUT2D eigenvalue weighted by molar-refractivity contribution is 0.00321. The molecule has 10 unspecified atom stereocenters. The molecule has 0 aliphatic heterocycles. The molecule has 10 atom stereocenters. The van der Waals surface area contributed by atoms with Crippen molar-refractivity contribution in [3.05, 3.63) is 106 Å². The molecule has 2 spiro atoms. The molecule has 4 heteroatoms. The van der Waals surface area contributed by atoms with Crippen LogP contribution in [0.3, 0.4) is 0 Å². The molecule has 8 aromatic rings. The number of benzene rings is 5. The van der Waals surface area contributed by atoms with Gasteiger partial charge in [-0.3, -0.25) is 0 Å². The maximum atomic E-state index is 11.1. The zero-order valence-corrected chi connectivity index (χ0v) is 31.4. The first-order valence-corrected chi connectivity index (χ1v) is 21.8. The second-order valence-electron chi connectivity index (χ2n) is 20.4. The molecule has 3 aromatic heterocycles. The highest BCUT2D eigenvalue weighted by Crippen LogP contribution is 2.78. The van der Waals surface area contributed by atoms with Gasteiger partial charge in [-0.2, -0.15) is 10.5 Å². The van der Waals surface area contributed by atoms with Crippen molar-refractivity contribution in [3.63, 3.8) is 0 Å². The Morgan fingerprint density at radius 3 is 1.62 bits per heavy atom. The first-order chi connectivity index (χ1) is 27.6. The van der Waals surface area contributed by atoms with Crippen LogP contribution in [0.1, 0.15) is 121 Å². The summed E-state index contributed by atoms with van der Waals surface area (Å²) >= 11 is 0. The van der Waals surface area contributed by atoms with E-state index in [1.54, 1.807) is 0 Å². The Labute approximate surface area is 324 Å². The van der Waals surface area contributed by atoms with Gasteiger partial charge < -0.3 is 8.97 Å². The van der Waals surface area contributed by atoms with Crippen LogP contribution in [0.25, 0.3) is 65.6 Å². The molecule has 268 valence electrons. The quantitative estimate of drug-likeness (QED) is 0.169. The number of aromatic nitrogens is 2. The van der Waals surface area contributed by atoms with Crippen LogP contribution in [0.15, 0.2) is 72.8 Å². The van der Waals surface area contributed by atoms with E-state index in [1.165, 1.54) is 152 Å². The molecule has 6 bridgehead atoms. The summed E-state index contributed by atoms with van der Waals surface area (Å²) in [7, 11) is 0. The van der Waals surface area contributed by atoms with Crippen LogP contribution < -0.4 is 0 Å². The van der Waals surface area contributed by atoms with E-state index in [4.69, 9.17) is 0 Å². The van der Waals surface area contributed by atoms with E-state index in [0.717, 1.165) is 34.8 Å². The number of nitriles is 2. The minimum Gasteiger partial charge on any atom is -0.309 e. The van der Waals surface area contributed by atoms with Gasteiger partial charge in [0, 0.05) is 38.0 Å². The summed E-state index contributed by atoms with van der Waals surface area (Å²) in [5.41, 5.74) is 16.2. The third-order valence-electron chi connectivity index (χ3n) is 19.0. The fourth-order valence-corrected chi connectivity index (χ4v) is 17.4. The van der Waals surface area contributed by atoms with Gasteiger partial charge in [-0.25, -0.2) is 0 Å². The van der Waals surface area contributed by atoms with Crippen LogP contribution in [-0.4, -0.2) is 8.97 Å².